The van der Waals surface area contributed by atoms with E-state index < -0.39 is 34.4 Å². The highest BCUT2D eigenvalue weighted by molar-refractivity contribution is 5.84. The number of aliphatic hydroxyl groups excluding tert-OH is 1. The topological polar surface area (TPSA) is 147 Å². The maximum Gasteiger partial charge on any atom is 0.412 e. The maximum absolute atomic E-state index is 12.1. The number of pyridine rings is 1. The Bertz CT molecular complexity index is 867. The number of ether oxygens (including phenoxy) is 1. The second-order valence-corrected chi connectivity index (χ2v) is 5.67. The van der Waals surface area contributed by atoms with Gasteiger partial charge in [-0.15, -0.1) is 0 Å². The van der Waals surface area contributed by atoms with Gasteiger partial charge in [0.05, 0.1) is 23.7 Å². The van der Waals surface area contributed by atoms with E-state index in [0.717, 1.165) is 0 Å². The highest BCUT2D eigenvalue weighted by atomic mass is 16.6. The Kier molecular flexibility index (Phi) is 6.50. The smallest absolute Gasteiger partial charge is 0.412 e. The van der Waals surface area contributed by atoms with E-state index in [2.05, 4.69) is 15.6 Å². The largest absolute Gasteiger partial charge is 0.450 e. The number of rotatable bonds is 7. The zero-order valence-electron chi connectivity index (χ0n) is 14.8. The summed E-state index contributed by atoms with van der Waals surface area (Å²) in [5.74, 6) is -0.0760. The minimum Gasteiger partial charge on any atom is -0.450 e. The van der Waals surface area contributed by atoms with Gasteiger partial charge < -0.3 is 20.1 Å². The lowest BCUT2D eigenvalue weighted by Gasteiger charge is -2.21. The number of carbonyl (C=O) groups excluding carboxylic acids is 1. The monoisotopic (exact) mass is 376 g/mol. The summed E-state index contributed by atoms with van der Waals surface area (Å²) in [6, 6.07) is 9.26. The Hall–Kier alpha value is -3.40. The summed E-state index contributed by atoms with van der Waals surface area (Å²) in [5, 5.41) is 26.8. The van der Waals surface area contributed by atoms with E-state index in [1.54, 1.807) is 44.2 Å². The molecule has 0 aliphatic carbocycles. The third kappa shape index (κ3) is 5.05. The molecular weight excluding hydrogens is 356 g/mol. The summed E-state index contributed by atoms with van der Waals surface area (Å²) >= 11 is 0. The second-order valence-electron chi connectivity index (χ2n) is 5.67. The van der Waals surface area contributed by atoms with Crippen LogP contribution in [0.4, 0.5) is 22.0 Å². The molecule has 1 aromatic heterocycles. The number of nitrogens with one attached hydrogen (secondary N) is 3. The van der Waals surface area contributed by atoms with Gasteiger partial charge >= 0.3 is 17.3 Å². The fourth-order valence-electron chi connectivity index (χ4n) is 2.45. The van der Waals surface area contributed by atoms with Gasteiger partial charge in [-0.3, -0.25) is 20.2 Å². The van der Waals surface area contributed by atoms with Gasteiger partial charge in [-0.25, -0.2) is 4.79 Å². The number of benzene rings is 1. The highest BCUT2D eigenvalue weighted by Crippen LogP contribution is 2.26. The Balaban J connectivity index is 2.32. The lowest BCUT2D eigenvalue weighted by molar-refractivity contribution is -0.385. The summed E-state index contributed by atoms with van der Waals surface area (Å²) in [6.45, 7) is 3.34. The van der Waals surface area contributed by atoms with Crippen molar-refractivity contribution >= 4 is 23.3 Å². The lowest BCUT2D eigenvalue weighted by Crippen LogP contribution is -2.27. The molecule has 144 valence electrons. The summed E-state index contributed by atoms with van der Waals surface area (Å²) in [6.07, 6.45) is -1.79. The minimum atomic E-state index is -1.00. The number of aromatic amines is 1. The number of nitro groups is 1. The molecule has 0 bridgehead atoms. The molecule has 0 aliphatic heterocycles. The first-order valence-electron chi connectivity index (χ1n) is 8.18. The summed E-state index contributed by atoms with van der Waals surface area (Å²) in [5.41, 5.74) is -1.26. The minimum absolute atomic E-state index is 0.0760. The molecule has 1 heterocycles. The molecule has 1 aromatic carbocycles. The first kappa shape index (κ1) is 19.9. The van der Waals surface area contributed by atoms with Crippen LogP contribution in [0.5, 0.6) is 0 Å². The predicted molar refractivity (Wildman–Crippen MR) is 98.8 cm³/mol. The van der Waals surface area contributed by atoms with E-state index in [4.69, 9.17) is 4.74 Å². The van der Waals surface area contributed by atoms with E-state index >= 15 is 0 Å². The Morgan fingerprint density at radius 2 is 2.04 bits per heavy atom. The fraction of sp³-hybridized carbons (Fsp3) is 0.294. The molecule has 0 spiro atoms. The molecule has 2 rings (SSSR count). The van der Waals surface area contributed by atoms with Gasteiger partial charge in [-0.05, 0) is 19.4 Å². The number of aromatic nitrogens is 1. The van der Waals surface area contributed by atoms with Crippen LogP contribution < -0.4 is 16.2 Å². The fourth-order valence-corrected chi connectivity index (χ4v) is 2.45. The van der Waals surface area contributed by atoms with E-state index in [1.807, 2.05) is 0 Å². The second kappa shape index (κ2) is 8.81. The van der Waals surface area contributed by atoms with Crippen LogP contribution in [0, 0.1) is 10.1 Å². The number of hydrogen-bond donors (Lipinski definition) is 4. The Morgan fingerprint density at radius 3 is 2.63 bits per heavy atom. The molecule has 0 saturated heterocycles. The van der Waals surface area contributed by atoms with Crippen LogP contribution in [0.25, 0.3) is 0 Å². The molecule has 0 fully saturated rings. The average Bonchev–Trinajstić information content (AvgIpc) is 2.61. The van der Waals surface area contributed by atoms with Crippen molar-refractivity contribution in [1.29, 1.82) is 0 Å². The number of carbonyl (C=O) groups is 1. The summed E-state index contributed by atoms with van der Waals surface area (Å²) in [4.78, 5) is 36.2. The first-order chi connectivity index (χ1) is 12.8. The highest BCUT2D eigenvalue weighted by Gasteiger charge is 2.25. The molecule has 0 radical (unpaired) electrons. The number of hydrogen-bond acceptors (Lipinski definition) is 7. The summed E-state index contributed by atoms with van der Waals surface area (Å²) < 4.78 is 4.71. The normalized spacial score (nSPS) is 12.7. The van der Waals surface area contributed by atoms with Gasteiger partial charge in [-0.1, -0.05) is 30.3 Å². The average molecular weight is 376 g/mol. The van der Waals surface area contributed by atoms with Crippen LogP contribution in [-0.4, -0.2) is 33.8 Å². The van der Waals surface area contributed by atoms with Crippen molar-refractivity contribution in [3.8, 4) is 0 Å². The molecule has 10 nitrogen and oxygen atoms in total. The number of H-pyrrole nitrogens is 1. The van der Waals surface area contributed by atoms with Gasteiger partial charge in [0, 0.05) is 6.07 Å². The molecule has 0 unspecified atom stereocenters. The van der Waals surface area contributed by atoms with Gasteiger partial charge in [0.15, 0.2) is 0 Å². The molecule has 10 heteroatoms. The number of amides is 1. The van der Waals surface area contributed by atoms with E-state index in [1.165, 1.54) is 6.07 Å². The van der Waals surface area contributed by atoms with Crippen molar-refractivity contribution in [3.05, 3.63) is 62.4 Å². The third-order valence-corrected chi connectivity index (χ3v) is 3.70. The molecule has 0 aliphatic rings. The predicted octanol–water partition coefficient (Wildman–Crippen LogP) is 2.39. The van der Waals surface area contributed by atoms with Crippen LogP contribution in [0.3, 0.4) is 0 Å². The van der Waals surface area contributed by atoms with Crippen molar-refractivity contribution in [2.24, 2.45) is 0 Å². The van der Waals surface area contributed by atoms with E-state index in [9.17, 15) is 24.8 Å². The third-order valence-electron chi connectivity index (χ3n) is 3.70. The molecule has 4 N–H and O–H groups in total. The van der Waals surface area contributed by atoms with Crippen LogP contribution in [0.15, 0.2) is 41.2 Å². The van der Waals surface area contributed by atoms with E-state index in [-0.39, 0.29) is 18.1 Å². The summed E-state index contributed by atoms with van der Waals surface area (Å²) in [7, 11) is 0. The number of anilines is 2. The van der Waals surface area contributed by atoms with Crippen molar-refractivity contribution in [1.82, 2.24) is 4.98 Å². The van der Waals surface area contributed by atoms with Crippen molar-refractivity contribution in [2.45, 2.75) is 26.0 Å². The standard InChI is InChI=1S/C17H20N4O6/c1-3-27-17(24)20-13-9-12(14(21(25)26)16(23)19-13)18-10(2)15(22)11-7-5-4-6-8-11/h4-10,15,22H,3H2,1-2H3,(H3,18,19,20,23,24)/t10-,15-/m0/s1. The van der Waals surface area contributed by atoms with Crippen LogP contribution in [0.1, 0.15) is 25.5 Å². The van der Waals surface area contributed by atoms with Crippen LogP contribution in [0.2, 0.25) is 0 Å². The molecular formula is C17H20N4O6. The van der Waals surface area contributed by atoms with E-state index in [0.29, 0.717) is 5.56 Å². The van der Waals surface area contributed by atoms with Gasteiger partial charge in [-0.2, -0.15) is 0 Å². The Morgan fingerprint density at radius 1 is 1.37 bits per heavy atom. The Labute approximate surface area is 154 Å². The van der Waals surface area contributed by atoms with Crippen LogP contribution in [-0.2, 0) is 4.74 Å². The molecule has 2 atom stereocenters. The van der Waals surface area contributed by atoms with Gasteiger partial charge in [0.1, 0.15) is 11.5 Å². The van der Waals surface area contributed by atoms with Crippen molar-refractivity contribution in [3.63, 3.8) is 0 Å². The zero-order chi connectivity index (χ0) is 20.0. The lowest BCUT2D eigenvalue weighted by atomic mass is 10.0. The van der Waals surface area contributed by atoms with Gasteiger partial charge in [0.25, 0.3) is 0 Å². The first-order valence-corrected chi connectivity index (χ1v) is 8.18. The molecule has 1 amide bonds. The van der Waals surface area contributed by atoms with Crippen molar-refractivity contribution < 1.29 is 19.6 Å². The zero-order valence-corrected chi connectivity index (χ0v) is 14.8. The molecule has 2 aromatic rings. The van der Waals surface area contributed by atoms with Crippen LogP contribution >= 0.6 is 0 Å². The van der Waals surface area contributed by atoms with Gasteiger partial charge in [0.2, 0.25) is 0 Å². The number of aliphatic hydroxyl groups is 1. The SMILES string of the molecule is CCOC(=O)Nc1cc(N[C@@H](C)[C@H](O)c2ccccc2)c([N+](=O)[O-])c(=O)[nH]1. The number of nitrogens with zero attached hydrogens (tertiary/aromatic N) is 1. The quantitative estimate of drug-likeness (QED) is 0.428. The van der Waals surface area contributed by atoms with Crippen molar-refractivity contribution in [2.75, 3.05) is 17.2 Å². The molecule has 0 saturated carbocycles. The maximum atomic E-state index is 12.1. The molecule has 27 heavy (non-hydrogen) atoms.